The Morgan fingerprint density at radius 1 is 1.15 bits per heavy atom. The molecule has 0 saturated carbocycles. The van der Waals surface area contributed by atoms with Crippen LogP contribution >= 0.6 is 11.8 Å². The zero-order valence-electron chi connectivity index (χ0n) is 11.1. The minimum absolute atomic E-state index is 0.144. The molecule has 100 valence electrons. The van der Waals surface area contributed by atoms with Gasteiger partial charge < -0.3 is 4.42 Å². The Balaban J connectivity index is 1.93. The fourth-order valence-corrected chi connectivity index (χ4v) is 2.62. The lowest BCUT2D eigenvalue weighted by molar-refractivity contribution is -0.109. The lowest BCUT2D eigenvalue weighted by Crippen LogP contribution is -1.81. The van der Waals surface area contributed by atoms with Gasteiger partial charge in [0.15, 0.2) is 5.12 Å². The summed E-state index contributed by atoms with van der Waals surface area (Å²) in [5, 5.41) is 2.41. The Labute approximate surface area is 121 Å². The maximum absolute atomic E-state index is 10.9. The van der Waals surface area contributed by atoms with Crippen LogP contribution in [-0.4, -0.2) is 10.9 Å². The van der Waals surface area contributed by atoms with E-state index >= 15 is 0 Å². The number of benzene rings is 2. The number of furan rings is 1. The maximum Gasteiger partial charge on any atom is 0.186 e. The Hall–Kier alpha value is -2.00. The molecule has 3 heteroatoms. The molecule has 20 heavy (non-hydrogen) atoms. The molecule has 0 N–H and O–H groups in total. The van der Waals surface area contributed by atoms with Crippen LogP contribution in [0.25, 0.3) is 28.0 Å². The molecule has 0 radical (unpaired) electrons. The van der Waals surface area contributed by atoms with Gasteiger partial charge in [0.2, 0.25) is 0 Å². The van der Waals surface area contributed by atoms with Crippen molar-refractivity contribution in [2.75, 3.05) is 5.75 Å². The molecule has 0 amide bonds. The normalized spacial score (nSPS) is 11.7. The van der Waals surface area contributed by atoms with Crippen molar-refractivity contribution in [2.45, 2.75) is 6.92 Å². The second kappa shape index (κ2) is 5.55. The summed E-state index contributed by atoms with van der Waals surface area (Å²) in [7, 11) is 0. The molecule has 0 spiro atoms. The summed E-state index contributed by atoms with van der Waals surface area (Å²) in [5.74, 6) is 0.708. The Bertz CT molecular complexity index is 799. The van der Waals surface area contributed by atoms with E-state index in [0.717, 1.165) is 27.5 Å². The summed E-state index contributed by atoms with van der Waals surface area (Å²) >= 11 is 1.31. The van der Waals surface area contributed by atoms with E-state index in [2.05, 4.69) is 12.1 Å². The molecule has 3 aromatic rings. The first-order valence-electron chi connectivity index (χ1n) is 6.45. The number of hydrogen-bond donors (Lipinski definition) is 0. The Kier molecular flexibility index (Phi) is 3.61. The van der Waals surface area contributed by atoms with Gasteiger partial charge >= 0.3 is 0 Å². The highest BCUT2D eigenvalue weighted by Gasteiger charge is 2.05. The fourth-order valence-electron chi connectivity index (χ4n) is 2.20. The SMILES string of the molecule is CC(=O)SCC=Cc1ccc2oc3ccccc3c2c1. The topological polar surface area (TPSA) is 30.2 Å². The number of fused-ring (bicyclic) bond motifs is 3. The fraction of sp³-hybridized carbons (Fsp3) is 0.118. The van der Waals surface area contributed by atoms with Crippen LogP contribution in [-0.2, 0) is 4.79 Å². The number of para-hydroxylation sites is 1. The highest BCUT2D eigenvalue weighted by molar-refractivity contribution is 8.13. The van der Waals surface area contributed by atoms with E-state index in [0.29, 0.717) is 5.75 Å². The molecule has 0 aliphatic rings. The van der Waals surface area contributed by atoms with Gasteiger partial charge in [-0.1, -0.05) is 48.2 Å². The number of carbonyl (C=O) groups is 1. The first kappa shape index (κ1) is 13.0. The summed E-state index contributed by atoms with van der Waals surface area (Å²) in [6, 6.07) is 14.2. The quantitative estimate of drug-likeness (QED) is 0.686. The Morgan fingerprint density at radius 3 is 2.80 bits per heavy atom. The van der Waals surface area contributed by atoms with E-state index in [9.17, 15) is 4.79 Å². The summed E-state index contributed by atoms with van der Waals surface area (Å²) < 4.78 is 5.79. The monoisotopic (exact) mass is 282 g/mol. The van der Waals surface area contributed by atoms with Crippen LogP contribution in [0.5, 0.6) is 0 Å². The summed E-state index contributed by atoms with van der Waals surface area (Å²) in [6.07, 6.45) is 4.05. The van der Waals surface area contributed by atoms with Crippen molar-refractivity contribution in [3.8, 4) is 0 Å². The van der Waals surface area contributed by atoms with Crippen LogP contribution in [0.4, 0.5) is 0 Å². The average Bonchev–Trinajstić information content (AvgIpc) is 2.81. The van der Waals surface area contributed by atoms with Gasteiger partial charge in [-0.3, -0.25) is 4.79 Å². The number of carbonyl (C=O) groups excluding carboxylic acids is 1. The minimum atomic E-state index is 0.144. The van der Waals surface area contributed by atoms with Crippen molar-refractivity contribution in [1.29, 1.82) is 0 Å². The number of rotatable bonds is 3. The predicted octanol–water partition coefficient (Wildman–Crippen LogP) is 4.88. The van der Waals surface area contributed by atoms with Crippen molar-refractivity contribution in [1.82, 2.24) is 0 Å². The zero-order chi connectivity index (χ0) is 13.9. The Morgan fingerprint density at radius 2 is 1.95 bits per heavy atom. The lowest BCUT2D eigenvalue weighted by Gasteiger charge is -1.94. The summed E-state index contributed by atoms with van der Waals surface area (Å²) in [6.45, 7) is 1.59. The van der Waals surface area contributed by atoms with E-state index in [4.69, 9.17) is 4.42 Å². The molecule has 0 unspecified atom stereocenters. The van der Waals surface area contributed by atoms with Gasteiger partial charge in [0.25, 0.3) is 0 Å². The first-order chi connectivity index (χ1) is 9.74. The molecule has 0 fully saturated rings. The highest BCUT2D eigenvalue weighted by Crippen LogP contribution is 2.29. The third-order valence-electron chi connectivity index (χ3n) is 3.09. The van der Waals surface area contributed by atoms with Crippen molar-refractivity contribution < 1.29 is 9.21 Å². The van der Waals surface area contributed by atoms with Gasteiger partial charge in [0.1, 0.15) is 11.2 Å². The molecule has 2 nitrogen and oxygen atoms in total. The molecular weight excluding hydrogens is 268 g/mol. The van der Waals surface area contributed by atoms with E-state index in [1.165, 1.54) is 11.8 Å². The highest BCUT2D eigenvalue weighted by atomic mass is 32.2. The largest absolute Gasteiger partial charge is 0.456 e. The molecule has 3 rings (SSSR count). The van der Waals surface area contributed by atoms with Gasteiger partial charge in [-0.2, -0.15) is 0 Å². The molecule has 0 bridgehead atoms. The van der Waals surface area contributed by atoms with Gasteiger partial charge in [0, 0.05) is 23.4 Å². The molecule has 1 aromatic heterocycles. The van der Waals surface area contributed by atoms with E-state index < -0.39 is 0 Å². The van der Waals surface area contributed by atoms with Crippen LogP contribution in [0.15, 0.2) is 53.0 Å². The minimum Gasteiger partial charge on any atom is -0.456 e. The molecule has 0 aliphatic heterocycles. The zero-order valence-corrected chi connectivity index (χ0v) is 11.9. The van der Waals surface area contributed by atoms with Crippen LogP contribution < -0.4 is 0 Å². The van der Waals surface area contributed by atoms with Crippen molar-refractivity contribution >= 4 is 44.9 Å². The standard InChI is InChI=1S/C17H14O2S/c1-12(18)20-10-4-5-13-8-9-17-15(11-13)14-6-2-3-7-16(14)19-17/h2-9,11H,10H2,1H3. The average molecular weight is 282 g/mol. The maximum atomic E-state index is 10.9. The van der Waals surface area contributed by atoms with Crippen LogP contribution in [0.3, 0.4) is 0 Å². The lowest BCUT2D eigenvalue weighted by atomic mass is 10.1. The van der Waals surface area contributed by atoms with E-state index in [1.54, 1.807) is 6.92 Å². The molecule has 0 aliphatic carbocycles. The van der Waals surface area contributed by atoms with E-state index in [1.807, 2.05) is 42.5 Å². The van der Waals surface area contributed by atoms with Crippen LogP contribution in [0.2, 0.25) is 0 Å². The third kappa shape index (κ3) is 2.63. The first-order valence-corrected chi connectivity index (χ1v) is 7.44. The molecular formula is C17H14O2S. The van der Waals surface area contributed by atoms with Gasteiger partial charge in [-0.15, -0.1) is 0 Å². The third-order valence-corrected chi connectivity index (χ3v) is 3.86. The summed E-state index contributed by atoms with van der Waals surface area (Å²) in [5.41, 5.74) is 2.94. The van der Waals surface area contributed by atoms with Crippen LogP contribution in [0.1, 0.15) is 12.5 Å². The molecule has 1 heterocycles. The predicted molar refractivity (Wildman–Crippen MR) is 85.9 cm³/mol. The number of hydrogen-bond acceptors (Lipinski definition) is 3. The van der Waals surface area contributed by atoms with Crippen molar-refractivity contribution in [3.63, 3.8) is 0 Å². The second-order valence-electron chi connectivity index (χ2n) is 4.56. The molecule has 2 aromatic carbocycles. The molecule has 0 atom stereocenters. The van der Waals surface area contributed by atoms with Crippen LogP contribution in [0, 0.1) is 0 Å². The molecule has 0 saturated heterocycles. The summed E-state index contributed by atoms with van der Waals surface area (Å²) in [4.78, 5) is 10.9. The van der Waals surface area contributed by atoms with Gasteiger partial charge in [-0.05, 0) is 23.8 Å². The van der Waals surface area contributed by atoms with E-state index in [-0.39, 0.29) is 5.12 Å². The van der Waals surface area contributed by atoms with Gasteiger partial charge in [-0.25, -0.2) is 0 Å². The van der Waals surface area contributed by atoms with Crippen molar-refractivity contribution in [2.24, 2.45) is 0 Å². The van der Waals surface area contributed by atoms with Crippen molar-refractivity contribution in [3.05, 3.63) is 54.1 Å². The number of thioether (sulfide) groups is 1. The van der Waals surface area contributed by atoms with Gasteiger partial charge in [0.05, 0.1) is 0 Å². The smallest absolute Gasteiger partial charge is 0.186 e. The second-order valence-corrected chi connectivity index (χ2v) is 5.76.